The number of benzene rings is 1. The average molecular weight is 275 g/mol. The highest BCUT2D eigenvalue weighted by atomic mass is 35.5. The molecule has 0 spiro atoms. The van der Waals surface area contributed by atoms with Gasteiger partial charge in [0.05, 0.1) is 18.2 Å². The number of nitrogens with one attached hydrogen (secondary N) is 1. The molecule has 0 aliphatic heterocycles. The van der Waals surface area contributed by atoms with Gasteiger partial charge in [-0.1, -0.05) is 31.5 Å². The normalized spacial score (nSPS) is 12.8. The number of halogens is 1. The van der Waals surface area contributed by atoms with Crippen LogP contribution in [0, 0.1) is 0 Å². The summed E-state index contributed by atoms with van der Waals surface area (Å²) in [7, 11) is 1.61. The SMILES string of the molecule is COc1cc(C(CSC(C)C)NN)ccc1Cl. The molecule has 0 saturated heterocycles. The predicted molar refractivity (Wildman–Crippen MR) is 75.7 cm³/mol. The fourth-order valence-electron chi connectivity index (χ4n) is 1.42. The van der Waals surface area contributed by atoms with E-state index >= 15 is 0 Å². The first-order valence-electron chi connectivity index (χ1n) is 5.49. The second-order valence-electron chi connectivity index (χ2n) is 4.00. The van der Waals surface area contributed by atoms with Crippen LogP contribution in [-0.4, -0.2) is 18.1 Å². The van der Waals surface area contributed by atoms with Crippen molar-refractivity contribution in [3.05, 3.63) is 28.8 Å². The van der Waals surface area contributed by atoms with E-state index in [1.165, 1.54) is 0 Å². The molecule has 3 N–H and O–H groups in total. The van der Waals surface area contributed by atoms with E-state index < -0.39 is 0 Å². The number of rotatable bonds is 6. The van der Waals surface area contributed by atoms with Gasteiger partial charge in [-0.05, 0) is 22.9 Å². The summed E-state index contributed by atoms with van der Waals surface area (Å²) in [5, 5.41) is 1.20. The lowest BCUT2D eigenvalue weighted by Gasteiger charge is -2.18. The highest BCUT2D eigenvalue weighted by molar-refractivity contribution is 7.99. The summed E-state index contributed by atoms with van der Waals surface area (Å²) in [6.07, 6.45) is 0. The summed E-state index contributed by atoms with van der Waals surface area (Å²) in [6, 6.07) is 5.83. The van der Waals surface area contributed by atoms with Gasteiger partial charge in [-0.25, -0.2) is 0 Å². The zero-order chi connectivity index (χ0) is 12.8. The van der Waals surface area contributed by atoms with Gasteiger partial charge in [-0.3, -0.25) is 11.3 Å². The van der Waals surface area contributed by atoms with Crippen molar-refractivity contribution in [2.45, 2.75) is 25.1 Å². The Morgan fingerprint density at radius 3 is 2.71 bits per heavy atom. The molecule has 0 saturated carbocycles. The molecule has 1 atom stereocenters. The van der Waals surface area contributed by atoms with E-state index in [-0.39, 0.29) is 6.04 Å². The van der Waals surface area contributed by atoms with Crippen molar-refractivity contribution in [1.82, 2.24) is 5.43 Å². The van der Waals surface area contributed by atoms with Crippen molar-refractivity contribution in [3.8, 4) is 5.75 Å². The molecule has 0 aromatic heterocycles. The Morgan fingerprint density at radius 1 is 1.47 bits per heavy atom. The summed E-state index contributed by atoms with van der Waals surface area (Å²) in [4.78, 5) is 0. The summed E-state index contributed by atoms with van der Waals surface area (Å²) in [5.74, 6) is 7.18. The number of hydrogen-bond donors (Lipinski definition) is 2. The van der Waals surface area contributed by atoms with Crippen LogP contribution in [0.15, 0.2) is 18.2 Å². The molecule has 1 aromatic rings. The van der Waals surface area contributed by atoms with Gasteiger partial charge in [0.1, 0.15) is 5.75 Å². The van der Waals surface area contributed by atoms with E-state index in [0.717, 1.165) is 11.3 Å². The number of hydrazine groups is 1. The molecule has 5 heteroatoms. The van der Waals surface area contributed by atoms with Crippen molar-refractivity contribution >= 4 is 23.4 Å². The summed E-state index contributed by atoms with van der Waals surface area (Å²) in [6.45, 7) is 4.33. The van der Waals surface area contributed by atoms with Crippen LogP contribution in [0.2, 0.25) is 5.02 Å². The van der Waals surface area contributed by atoms with Crippen LogP contribution in [0.3, 0.4) is 0 Å². The third-order valence-corrected chi connectivity index (χ3v) is 3.88. The van der Waals surface area contributed by atoms with Gasteiger partial charge in [0.25, 0.3) is 0 Å². The molecule has 3 nitrogen and oxygen atoms in total. The first-order valence-corrected chi connectivity index (χ1v) is 6.92. The molecule has 1 unspecified atom stereocenters. The topological polar surface area (TPSA) is 47.3 Å². The van der Waals surface area contributed by atoms with Crippen molar-refractivity contribution in [2.24, 2.45) is 5.84 Å². The molecule has 0 radical (unpaired) electrons. The van der Waals surface area contributed by atoms with Gasteiger partial charge < -0.3 is 4.74 Å². The Hall–Kier alpha value is -0.420. The number of methoxy groups -OCH3 is 1. The van der Waals surface area contributed by atoms with Gasteiger partial charge in [0.15, 0.2) is 0 Å². The minimum Gasteiger partial charge on any atom is -0.495 e. The Bertz CT molecular complexity index is 360. The van der Waals surface area contributed by atoms with Crippen molar-refractivity contribution in [3.63, 3.8) is 0 Å². The van der Waals surface area contributed by atoms with Crippen LogP contribution in [0.25, 0.3) is 0 Å². The minimum absolute atomic E-state index is 0.105. The smallest absolute Gasteiger partial charge is 0.137 e. The molecule has 0 bridgehead atoms. The van der Waals surface area contributed by atoms with Crippen molar-refractivity contribution in [2.75, 3.05) is 12.9 Å². The first-order chi connectivity index (χ1) is 8.08. The maximum absolute atomic E-state index is 5.99. The van der Waals surface area contributed by atoms with E-state index in [1.54, 1.807) is 7.11 Å². The molecule has 17 heavy (non-hydrogen) atoms. The van der Waals surface area contributed by atoms with Gasteiger partial charge >= 0.3 is 0 Å². The predicted octanol–water partition coefficient (Wildman–Crippen LogP) is 2.99. The zero-order valence-electron chi connectivity index (χ0n) is 10.4. The van der Waals surface area contributed by atoms with E-state index in [1.807, 2.05) is 30.0 Å². The van der Waals surface area contributed by atoms with Gasteiger partial charge in [0, 0.05) is 5.75 Å². The third kappa shape index (κ3) is 4.39. The van der Waals surface area contributed by atoms with Gasteiger partial charge in [-0.2, -0.15) is 11.8 Å². The van der Waals surface area contributed by atoms with Crippen LogP contribution < -0.4 is 16.0 Å². The summed E-state index contributed by atoms with van der Waals surface area (Å²) in [5.41, 5.74) is 3.91. The Morgan fingerprint density at radius 2 is 2.18 bits per heavy atom. The van der Waals surface area contributed by atoms with Crippen LogP contribution in [0.5, 0.6) is 5.75 Å². The lowest BCUT2D eigenvalue weighted by molar-refractivity contribution is 0.413. The first kappa shape index (κ1) is 14.6. The number of thioether (sulfide) groups is 1. The second kappa shape index (κ2) is 7.11. The Balaban J connectivity index is 2.80. The van der Waals surface area contributed by atoms with E-state index in [0.29, 0.717) is 16.0 Å². The van der Waals surface area contributed by atoms with E-state index in [4.69, 9.17) is 22.2 Å². The number of ether oxygens (including phenoxy) is 1. The molecule has 0 aliphatic carbocycles. The molecule has 0 fully saturated rings. The fraction of sp³-hybridized carbons (Fsp3) is 0.500. The standard InChI is InChI=1S/C12H19ClN2OS/c1-8(2)17-7-11(15-14)9-4-5-10(13)12(6-9)16-3/h4-6,8,11,15H,7,14H2,1-3H3. The minimum atomic E-state index is 0.105. The maximum Gasteiger partial charge on any atom is 0.137 e. The quantitative estimate of drug-likeness (QED) is 0.618. The van der Waals surface area contributed by atoms with Crippen molar-refractivity contribution < 1.29 is 4.74 Å². The zero-order valence-corrected chi connectivity index (χ0v) is 11.9. The van der Waals surface area contributed by atoms with Crippen molar-refractivity contribution in [1.29, 1.82) is 0 Å². The van der Waals surface area contributed by atoms with Gasteiger partial charge in [0.2, 0.25) is 0 Å². The van der Waals surface area contributed by atoms with E-state index in [9.17, 15) is 0 Å². The summed E-state index contributed by atoms with van der Waals surface area (Å²) >= 11 is 7.85. The summed E-state index contributed by atoms with van der Waals surface area (Å²) < 4.78 is 5.20. The molecule has 96 valence electrons. The molecular weight excluding hydrogens is 256 g/mol. The monoisotopic (exact) mass is 274 g/mol. The number of nitrogens with two attached hydrogens (primary N) is 1. The molecular formula is C12H19ClN2OS. The highest BCUT2D eigenvalue weighted by Gasteiger charge is 2.12. The average Bonchev–Trinajstić information content (AvgIpc) is 2.31. The van der Waals surface area contributed by atoms with Gasteiger partial charge in [-0.15, -0.1) is 0 Å². The molecule has 0 aliphatic rings. The maximum atomic E-state index is 5.99. The number of hydrogen-bond acceptors (Lipinski definition) is 4. The lowest BCUT2D eigenvalue weighted by atomic mass is 10.1. The molecule has 1 aromatic carbocycles. The second-order valence-corrected chi connectivity index (χ2v) is 6.01. The molecule has 0 heterocycles. The van der Waals surface area contributed by atoms with Crippen LogP contribution in [0.1, 0.15) is 25.5 Å². The largest absolute Gasteiger partial charge is 0.495 e. The lowest BCUT2D eigenvalue weighted by Crippen LogP contribution is -2.30. The van der Waals surface area contributed by atoms with E-state index in [2.05, 4.69) is 19.3 Å². The molecule has 0 amide bonds. The fourth-order valence-corrected chi connectivity index (χ4v) is 2.48. The Labute approximate surface area is 112 Å². The molecule has 1 rings (SSSR count). The Kier molecular flexibility index (Phi) is 6.12. The third-order valence-electron chi connectivity index (χ3n) is 2.37. The highest BCUT2D eigenvalue weighted by Crippen LogP contribution is 2.29. The van der Waals surface area contributed by atoms with Crippen LogP contribution >= 0.6 is 23.4 Å². The van der Waals surface area contributed by atoms with Crippen LogP contribution in [-0.2, 0) is 0 Å². The van der Waals surface area contributed by atoms with Crippen LogP contribution in [0.4, 0.5) is 0 Å².